The lowest BCUT2D eigenvalue weighted by Gasteiger charge is -2.39. The number of hydrogen-bond acceptors (Lipinski definition) is 4. The van der Waals surface area contributed by atoms with Crippen LogP contribution >= 0.6 is 0 Å². The third-order valence-corrected chi connectivity index (χ3v) is 7.43. The van der Waals surface area contributed by atoms with Crippen molar-refractivity contribution < 1.29 is 17.6 Å². The van der Waals surface area contributed by atoms with Crippen LogP contribution in [0.25, 0.3) is 0 Å². The second kappa shape index (κ2) is 8.88. The lowest BCUT2D eigenvalue weighted by molar-refractivity contribution is -0.138. The second-order valence-corrected chi connectivity index (χ2v) is 9.74. The predicted octanol–water partition coefficient (Wildman–Crippen LogP) is 2.22. The molecule has 0 spiro atoms. The van der Waals surface area contributed by atoms with Crippen LogP contribution in [0, 0.1) is 11.7 Å². The van der Waals surface area contributed by atoms with Crippen molar-refractivity contribution in [3.63, 3.8) is 0 Å². The molecule has 0 atom stereocenters. The van der Waals surface area contributed by atoms with Gasteiger partial charge < -0.3 is 4.90 Å². The number of halogens is 1. The van der Waals surface area contributed by atoms with Crippen molar-refractivity contribution in [2.24, 2.45) is 5.92 Å². The van der Waals surface area contributed by atoms with Gasteiger partial charge in [-0.2, -0.15) is 0 Å². The molecule has 28 heavy (non-hydrogen) atoms. The number of carbonyl (C=O) groups is 1. The van der Waals surface area contributed by atoms with Gasteiger partial charge in [-0.15, -0.1) is 0 Å². The Morgan fingerprint density at radius 3 is 2.25 bits per heavy atom. The summed E-state index contributed by atoms with van der Waals surface area (Å²) in [6.45, 7) is 7.67. The molecular formula is C20H30FN3O3S. The highest BCUT2D eigenvalue weighted by Crippen LogP contribution is 2.28. The maximum absolute atomic E-state index is 13.8. The van der Waals surface area contributed by atoms with Gasteiger partial charge in [0.25, 0.3) is 0 Å². The minimum Gasteiger partial charge on any atom is -0.340 e. The summed E-state index contributed by atoms with van der Waals surface area (Å²) in [5.74, 6) is -0.599. The van der Waals surface area contributed by atoms with Crippen LogP contribution < -0.4 is 4.72 Å². The van der Waals surface area contributed by atoms with E-state index >= 15 is 0 Å². The molecule has 1 heterocycles. The molecule has 1 amide bonds. The zero-order valence-corrected chi connectivity index (χ0v) is 17.4. The first kappa shape index (κ1) is 21.2. The summed E-state index contributed by atoms with van der Waals surface area (Å²) in [7, 11) is -3.89. The monoisotopic (exact) mass is 411 g/mol. The Bertz CT molecular complexity index is 784. The smallest absolute Gasteiger partial charge is 0.243 e. The Morgan fingerprint density at radius 1 is 1.07 bits per heavy atom. The van der Waals surface area contributed by atoms with E-state index in [9.17, 15) is 17.6 Å². The molecule has 0 aromatic heterocycles. The molecular weight excluding hydrogens is 381 g/mol. The third-order valence-electron chi connectivity index (χ3n) is 5.88. The molecule has 8 heteroatoms. The average Bonchev–Trinajstić information content (AvgIpc) is 2.68. The fourth-order valence-corrected chi connectivity index (χ4v) is 5.50. The van der Waals surface area contributed by atoms with Gasteiger partial charge in [-0.25, -0.2) is 17.5 Å². The van der Waals surface area contributed by atoms with E-state index in [1.54, 1.807) is 0 Å². The lowest BCUT2D eigenvalue weighted by Crippen LogP contribution is -2.52. The van der Waals surface area contributed by atoms with E-state index in [0.717, 1.165) is 32.2 Å². The topological polar surface area (TPSA) is 69.7 Å². The van der Waals surface area contributed by atoms with Gasteiger partial charge in [-0.05, 0) is 51.7 Å². The normalized spacial score (nSPS) is 24.5. The van der Waals surface area contributed by atoms with E-state index in [1.807, 2.05) is 4.90 Å². The molecule has 1 aromatic rings. The third kappa shape index (κ3) is 4.90. The van der Waals surface area contributed by atoms with Gasteiger partial charge >= 0.3 is 0 Å². The highest BCUT2D eigenvalue weighted by Gasteiger charge is 2.33. The van der Waals surface area contributed by atoms with Crippen LogP contribution in [-0.4, -0.2) is 62.4 Å². The van der Waals surface area contributed by atoms with Gasteiger partial charge in [-0.3, -0.25) is 9.69 Å². The van der Waals surface area contributed by atoms with Crippen LogP contribution in [0.4, 0.5) is 4.39 Å². The molecule has 2 aliphatic rings. The van der Waals surface area contributed by atoms with Gasteiger partial charge in [0.2, 0.25) is 15.9 Å². The highest BCUT2D eigenvalue weighted by molar-refractivity contribution is 7.89. The number of rotatable bonds is 5. The van der Waals surface area contributed by atoms with Crippen LogP contribution in [0.1, 0.15) is 39.5 Å². The molecule has 1 saturated heterocycles. The lowest BCUT2D eigenvalue weighted by atomic mass is 9.85. The Kier molecular flexibility index (Phi) is 6.73. The first-order valence-electron chi connectivity index (χ1n) is 10.1. The Labute approximate surface area is 167 Å². The van der Waals surface area contributed by atoms with Gasteiger partial charge in [0.15, 0.2) is 0 Å². The fourth-order valence-electron chi connectivity index (χ4n) is 4.12. The zero-order chi connectivity index (χ0) is 20.3. The van der Waals surface area contributed by atoms with E-state index in [1.165, 1.54) is 18.2 Å². The molecule has 1 N–H and O–H groups in total. The van der Waals surface area contributed by atoms with E-state index < -0.39 is 15.8 Å². The number of nitrogens with zero attached hydrogens (tertiary/aromatic N) is 2. The van der Waals surface area contributed by atoms with Crippen molar-refractivity contribution in [1.29, 1.82) is 0 Å². The molecule has 6 nitrogen and oxygen atoms in total. The van der Waals surface area contributed by atoms with Gasteiger partial charge in [0, 0.05) is 44.2 Å². The van der Waals surface area contributed by atoms with Crippen LogP contribution in [0.5, 0.6) is 0 Å². The van der Waals surface area contributed by atoms with E-state index in [2.05, 4.69) is 23.5 Å². The summed E-state index contributed by atoms with van der Waals surface area (Å²) in [5, 5.41) is 0. The van der Waals surface area contributed by atoms with Gasteiger partial charge in [0.1, 0.15) is 10.7 Å². The minimum absolute atomic E-state index is 0.0418. The minimum atomic E-state index is -3.89. The van der Waals surface area contributed by atoms with E-state index in [4.69, 9.17) is 0 Å². The van der Waals surface area contributed by atoms with Crippen molar-refractivity contribution in [3.05, 3.63) is 30.1 Å². The maximum atomic E-state index is 13.8. The summed E-state index contributed by atoms with van der Waals surface area (Å²) < 4.78 is 41.3. The van der Waals surface area contributed by atoms with Crippen molar-refractivity contribution in [2.45, 2.75) is 56.5 Å². The zero-order valence-electron chi connectivity index (χ0n) is 16.6. The van der Waals surface area contributed by atoms with E-state index in [0.29, 0.717) is 31.7 Å². The molecule has 0 unspecified atom stereocenters. The largest absolute Gasteiger partial charge is 0.340 e. The summed E-state index contributed by atoms with van der Waals surface area (Å²) in [5.41, 5.74) is 0. The maximum Gasteiger partial charge on any atom is 0.243 e. The number of nitrogens with one attached hydrogen (secondary N) is 1. The average molecular weight is 412 g/mol. The summed E-state index contributed by atoms with van der Waals surface area (Å²) >= 11 is 0. The van der Waals surface area contributed by atoms with Crippen molar-refractivity contribution in [1.82, 2.24) is 14.5 Å². The number of sulfonamides is 1. The molecule has 1 saturated carbocycles. The fraction of sp³-hybridized carbons (Fsp3) is 0.650. The quantitative estimate of drug-likeness (QED) is 0.807. The number of piperazine rings is 1. The molecule has 1 aliphatic heterocycles. The number of hydrogen-bond donors (Lipinski definition) is 1. The summed E-state index contributed by atoms with van der Waals surface area (Å²) in [4.78, 5) is 16.8. The Balaban J connectivity index is 1.51. The van der Waals surface area contributed by atoms with Gasteiger partial charge in [-0.1, -0.05) is 12.1 Å². The first-order valence-corrected chi connectivity index (χ1v) is 11.6. The predicted molar refractivity (Wildman–Crippen MR) is 106 cm³/mol. The summed E-state index contributed by atoms with van der Waals surface area (Å²) in [6.07, 6.45) is 2.51. The van der Waals surface area contributed by atoms with Crippen LogP contribution in [0.3, 0.4) is 0 Å². The number of benzene rings is 1. The van der Waals surface area contributed by atoms with Crippen LogP contribution in [-0.2, 0) is 14.8 Å². The molecule has 2 fully saturated rings. The second-order valence-electron chi connectivity index (χ2n) is 8.06. The van der Waals surface area contributed by atoms with Crippen molar-refractivity contribution in [3.8, 4) is 0 Å². The molecule has 0 bridgehead atoms. The molecule has 156 valence electrons. The summed E-state index contributed by atoms with van der Waals surface area (Å²) in [6, 6.07) is 5.62. The molecule has 0 radical (unpaired) electrons. The standard InChI is InChI=1S/C20H30FN3O3S/c1-15(2)23-11-13-24(14-12-23)20(25)16-7-9-17(10-8-16)22-28(26,27)19-6-4-3-5-18(19)21/h3-6,15-17,22H,7-14H2,1-2H3. The highest BCUT2D eigenvalue weighted by atomic mass is 32.2. The number of amides is 1. The van der Waals surface area contributed by atoms with Gasteiger partial charge in [0.05, 0.1) is 0 Å². The van der Waals surface area contributed by atoms with Crippen LogP contribution in [0.2, 0.25) is 0 Å². The molecule has 1 aromatic carbocycles. The Hall–Kier alpha value is -1.51. The first-order chi connectivity index (χ1) is 13.3. The number of carbonyl (C=O) groups excluding carboxylic acids is 1. The Morgan fingerprint density at radius 2 is 1.68 bits per heavy atom. The van der Waals surface area contributed by atoms with Crippen molar-refractivity contribution >= 4 is 15.9 Å². The molecule has 3 rings (SSSR count). The van der Waals surface area contributed by atoms with Crippen LogP contribution in [0.15, 0.2) is 29.2 Å². The SMILES string of the molecule is CC(C)N1CCN(C(=O)C2CCC(NS(=O)(=O)c3ccccc3F)CC2)CC1. The van der Waals surface area contributed by atoms with Crippen molar-refractivity contribution in [2.75, 3.05) is 26.2 Å². The molecule has 1 aliphatic carbocycles. The van der Waals surface area contributed by atoms with E-state index in [-0.39, 0.29) is 22.8 Å².